The minimum absolute atomic E-state index is 0. The molecule has 7 heteroatoms. The van der Waals surface area contributed by atoms with Gasteiger partial charge in [-0.25, -0.2) is 0 Å². The van der Waals surface area contributed by atoms with Gasteiger partial charge in [0.2, 0.25) is 5.91 Å². The number of ether oxygens (including phenoxy) is 2. The van der Waals surface area contributed by atoms with Crippen molar-refractivity contribution in [1.82, 2.24) is 10.2 Å². The van der Waals surface area contributed by atoms with E-state index in [1.54, 1.807) is 7.11 Å². The summed E-state index contributed by atoms with van der Waals surface area (Å²) in [6.07, 6.45) is 2.63. The fourth-order valence-electron chi connectivity index (χ4n) is 3.32. The Labute approximate surface area is 183 Å². The van der Waals surface area contributed by atoms with Gasteiger partial charge in [-0.1, -0.05) is 35.9 Å². The Balaban J connectivity index is 0.00000300. The van der Waals surface area contributed by atoms with Crippen molar-refractivity contribution in [2.24, 2.45) is 0 Å². The molecule has 1 saturated heterocycles. The van der Waals surface area contributed by atoms with Gasteiger partial charge >= 0.3 is 0 Å². The van der Waals surface area contributed by atoms with Gasteiger partial charge in [-0.3, -0.25) is 4.79 Å². The number of carbonyl (C=O) groups is 1. The van der Waals surface area contributed by atoms with Crippen LogP contribution in [0.2, 0.25) is 5.02 Å². The number of rotatable bonds is 10. The van der Waals surface area contributed by atoms with Crippen LogP contribution in [0.5, 0.6) is 11.5 Å². The van der Waals surface area contributed by atoms with Gasteiger partial charge in [0.15, 0.2) is 11.5 Å². The molecule has 2 aromatic carbocycles. The van der Waals surface area contributed by atoms with E-state index in [2.05, 4.69) is 5.32 Å². The highest BCUT2D eigenvalue weighted by Gasteiger charge is 2.19. The fraction of sp³-hybridized carbons (Fsp3) is 0.409. The predicted molar refractivity (Wildman–Crippen MR) is 118 cm³/mol. The van der Waals surface area contributed by atoms with E-state index in [0.717, 1.165) is 55.1 Å². The van der Waals surface area contributed by atoms with Gasteiger partial charge in [0.05, 0.1) is 7.11 Å². The van der Waals surface area contributed by atoms with Crippen LogP contribution in [0.4, 0.5) is 0 Å². The largest absolute Gasteiger partial charge is 0.493 e. The lowest BCUT2D eigenvalue weighted by atomic mass is 10.1. The molecule has 2 aromatic rings. The molecular formula is C22H28Cl2N2O3. The van der Waals surface area contributed by atoms with E-state index in [4.69, 9.17) is 21.1 Å². The van der Waals surface area contributed by atoms with Crippen LogP contribution in [0.25, 0.3) is 0 Å². The molecule has 0 unspecified atom stereocenters. The van der Waals surface area contributed by atoms with Gasteiger partial charge in [-0.05, 0) is 43.1 Å². The average molecular weight is 439 g/mol. The van der Waals surface area contributed by atoms with Crippen molar-refractivity contribution in [3.8, 4) is 11.5 Å². The molecule has 0 radical (unpaired) electrons. The number of halogens is 2. The molecular weight excluding hydrogens is 411 g/mol. The molecule has 158 valence electrons. The molecule has 0 aliphatic carbocycles. The van der Waals surface area contributed by atoms with Crippen LogP contribution in [0.15, 0.2) is 42.5 Å². The van der Waals surface area contributed by atoms with Crippen molar-refractivity contribution >= 4 is 29.9 Å². The zero-order valence-electron chi connectivity index (χ0n) is 16.7. The maximum Gasteiger partial charge on any atom is 0.222 e. The van der Waals surface area contributed by atoms with Crippen LogP contribution in [-0.2, 0) is 17.9 Å². The fourth-order valence-corrected chi connectivity index (χ4v) is 3.45. The molecule has 1 aliphatic heterocycles. The third-order valence-corrected chi connectivity index (χ3v) is 5.10. The summed E-state index contributed by atoms with van der Waals surface area (Å²) in [7, 11) is 1.65. The first-order valence-electron chi connectivity index (χ1n) is 9.69. The maximum absolute atomic E-state index is 11.6. The number of methoxy groups -OCH3 is 1. The Morgan fingerprint density at radius 1 is 1.17 bits per heavy atom. The number of hydrogen-bond donors (Lipinski definition) is 1. The number of hydrogen-bond acceptors (Lipinski definition) is 4. The van der Waals surface area contributed by atoms with E-state index in [1.165, 1.54) is 0 Å². The molecule has 0 bridgehead atoms. The molecule has 1 fully saturated rings. The van der Waals surface area contributed by atoms with Crippen LogP contribution in [0, 0.1) is 0 Å². The summed E-state index contributed by atoms with van der Waals surface area (Å²) < 4.78 is 11.6. The van der Waals surface area contributed by atoms with Crippen molar-refractivity contribution in [1.29, 1.82) is 0 Å². The molecule has 1 N–H and O–H groups in total. The Hall–Kier alpha value is -1.95. The molecule has 1 aliphatic rings. The van der Waals surface area contributed by atoms with Gasteiger partial charge in [0.1, 0.15) is 6.61 Å². The maximum atomic E-state index is 11.6. The first-order chi connectivity index (χ1) is 13.7. The highest BCUT2D eigenvalue weighted by molar-refractivity contribution is 6.30. The summed E-state index contributed by atoms with van der Waals surface area (Å²) in [5.74, 6) is 1.75. The predicted octanol–water partition coefficient (Wildman–Crippen LogP) is 4.45. The van der Waals surface area contributed by atoms with Crippen molar-refractivity contribution in [3.05, 3.63) is 58.6 Å². The molecule has 0 aromatic heterocycles. The molecule has 1 heterocycles. The minimum Gasteiger partial charge on any atom is -0.493 e. The average Bonchev–Trinajstić information content (AvgIpc) is 3.12. The number of amides is 1. The summed E-state index contributed by atoms with van der Waals surface area (Å²) in [5, 5.41) is 4.16. The summed E-state index contributed by atoms with van der Waals surface area (Å²) in [5.41, 5.74) is 2.09. The van der Waals surface area contributed by atoms with Crippen LogP contribution < -0.4 is 14.8 Å². The van der Waals surface area contributed by atoms with Crippen molar-refractivity contribution < 1.29 is 14.3 Å². The number of carbonyl (C=O) groups excluding carboxylic acids is 1. The molecule has 29 heavy (non-hydrogen) atoms. The van der Waals surface area contributed by atoms with E-state index < -0.39 is 0 Å². The summed E-state index contributed by atoms with van der Waals surface area (Å²) in [6, 6.07) is 13.5. The minimum atomic E-state index is 0. The molecule has 1 amide bonds. The molecule has 0 spiro atoms. The number of para-hydroxylation sites is 1. The van der Waals surface area contributed by atoms with Crippen molar-refractivity contribution in [2.75, 3.05) is 26.7 Å². The van der Waals surface area contributed by atoms with Gasteiger partial charge in [-0.15, -0.1) is 12.4 Å². The topological polar surface area (TPSA) is 50.8 Å². The lowest BCUT2D eigenvalue weighted by Gasteiger charge is -2.17. The third kappa shape index (κ3) is 6.81. The van der Waals surface area contributed by atoms with E-state index in [9.17, 15) is 4.79 Å². The van der Waals surface area contributed by atoms with E-state index >= 15 is 0 Å². The van der Waals surface area contributed by atoms with Gasteiger partial charge in [-0.2, -0.15) is 0 Å². The number of likely N-dealkylation sites (tertiary alicyclic amines) is 1. The van der Waals surface area contributed by atoms with Crippen LogP contribution >= 0.6 is 24.0 Å². The SMILES string of the molecule is COc1cccc(CNCCCN2CCCC2=O)c1OCc1ccc(Cl)cc1.Cl. The number of benzene rings is 2. The second-order valence-electron chi connectivity index (χ2n) is 6.88. The monoisotopic (exact) mass is 438 g/mol. The van der Waals surface area contributed by atoms with E-state index in [0.29, 0.717) is 24.6 Å². The van der Waals surface area contributed by atoms with E-state index in [1.807, 2.05) is 47.4 Å². The van der Waals surface area contributed by atoms with E-state index in [-0.39, 0.29) is 18.3 Å². The zero-order valence-corrected chi connectivity index (χ0v) is 18.2. The second-order valence-corrected chi connectivity index (χ2v) is 7.31. The Bertz CT molecular complexity index is 784. The lowest BCUT2D eigenvalue weighted by Crippen LogP contribution is -2.28. The Morgan fingerprint density at radius 2 is 1.97 bits per heavy atom. The molecule has 5 nitrogen and oxygen atoms in total. The molecule has 0 saturated carbocycles. The normalized spacial score (nSPS) is 13.3. The van der Waals surface area contributed by atoms with Crippen LogP contribution in [0.1, 0.15) is 30.4 Å². The summed E-state index contributed by atoms with van der Waals surface area (Å²) >= 11 is 5.94. The van der Waals surface area contributed by atoms with Crippen molar-refractivity contribution in [3.63, 3.8) is 0 Å². The second kappa shape index (κ2) is 11.9. The smallest absolute Gasteiger partial charge is 0.222 e. The van der Waals surface area contributed by atoms with Crippen LogP contribution in [0.3, 0.4) is 0 Å². The third-order valence-electron chi connectivity index (χ3n) is 4.85. The lowest BCUT2D eigenvalue weighted by molar-refractivity contribution is -0.127. The number of nitrogens with one attached hydrogen (secondary N) is 1. The summed E-state index contributed by atoms with van der Waals surface area (Å²) in [6.45, 7) is 3.70. The molecule has 3 rings (SSSR count). The Morgan fingerprint density at radius 3 is 2.66 bits per heavy atom. The summed E-state index contributed by atoms with van der Waals surface area (Å²) in [4.78, 5) is 13.6. The quantitative estimate of drug-likeness (QED) is 0.556. The Kier molecular flexibility index (Phi) is 9.58. The van der Waals surface area contributed by atoms with Crippen LogP contribution in [-0.4, -0.2) is 37.6 Å². The molecule has 0 atom stereocenters. The number of nitrogens with zero attached hydrogens (tertiary/aromatic N) is 1. The van der Waals surface area contributed by atoms with Gasteiger partial charge in [0, 0.05) is 36.6 Å². The van der Waals surface area contributed by atoms with Gasteiger partial charge < -0.3 is 19.7 Å². The first kappa shape index (κ1) is 23.3. The highest BCUT2D eigenvalue weighted by atomic mass is 35.5. The first-order valence-corrected chi connectivity index (χ1v) is 10.1. The zero-order chi connectivity index (χ0) is 19.8. The standard InChI is InChI=1S/C22H27ClN2O3.ClH/c1-27-20-6-2-5-18(15-24-12-4-14-25-13-3-7-21(25)26)22(20)28-16-17-8-10-19(23)11-9-17;/h2,5-6,8-11,24H,3-4,7,12-16H2,1H3;1H. The van der Waals surface area contributed by atoms with Crippen molar-refractivity contribution in [2.45, 2.75) is 32.4 Å². The highest BCUT2D eigenvalue weighted by Crippen LogP contribution is 2.32. The van der Waals surface area contributed by atoms with Gasteiger partial charge in [0.25, 0.3) is 0 Å².